The number of halogens is 1. The summed E-state index contributed by atoms with van der Waals surface area (Å²) in [6.45, 7) is 0. The number of ether oxygens (including phenoxy) is 1. The molecule has 3 aromatic carbocycles. The molecule has 25 heavy (non-hydrogen) atoms. The monoisotopic (exact) mass is 394 g/mol. The first-order chi connectivity index (χ1) is 12.1. The average molecular weight is 395 g/mol. The van der Waals surface area contributed by atoms with Crippen LogP contribution >= 0.6 is 15.9 Å². The van der Waals surface area contributed by atoms with Crippen molar-refractivity contribution >= 4 is 27.7 Å². The summed E-state index contributed by atoms with van der Waals surface area (Å²) in [7, 11) is 1.33. The lowest BCUT2D eigenvalue weighted by Crippen LogP contribution is -2.04. The van der Waals surface area contributed by atoms with Gasteiger partial charge in [-0.1, -0.05) is 64.5 Å². The second kappa shape index (κ2) is 7.45. The quantitative estimate of drug-likeness (QED) is 0.454. The highest BCUT2D eigenvalue weighted by Crippen LogP contribution is 2.23. The molecule has 3 rings (SSSR count). The maximum absolute atomic E-state index is 12.6. The van der Waals surface area contributed by atoms with E-state index in [2.05, 4.69) is 20.7 Å². The minimum atomic E-state index is -0.419. The summed E-state index contributed by atoms with van der Waals surface area (Å²) in [5.74, 6) is -0.503. The zero-order valence-corrected chi connectivity index (χ0v) is 15.1. The highest BCUT2D eigenvalue weighted by Gasteiger charge is 2.11. The zero-order chi connectivity index (χ0) is 17.8. The number of methoxy groups -OCH3 is 1. The van der Waals surface area contributed by atoms with Gasteiger partial charge >= 0.3 is 5.97 Å². The summed E-state index contributed by atoms with van der Waals surface area (Å²) in [6.07, 6.45) is 0. The highest BCUT2D eigenvalue weighted by molar-refractivity contribution is 9.10. The number of ketones is 1. The maximum atomic E-state index is 12.6. The molecular formula is C21H15BrO3. The van der Waals surface area contributed by atoms with Crippen molar-refractivity contribution in [2.24, 2.45) is 0 Å². The number of hydrogen-bond acceptors (Lipinski definition) is 3. The number of carbonyl (C=O) groups is 2. The van der Waals surface area contributed by atoms with Gasteiger partial charge in [-0.25, -0.2) is 4.79 Å². The Kier molecular flexibility index (Phi) is 5.10. The van der Waals surface area contributed by atoms with Crippen molar-refractivity contribution in [2.75, 3.05) is 7.11 Å². The number of esters is 1. The van der Waals surface area contributed by atoms with Crippen molar-refractivity contribution in [3.63, 3.8) is 0 Å². The number of hydrogen-bond donors (Lipinski definition) is 0. The molecule has 0 aromatic heterocycles. The largest absolute Gasteiger partial charge is 0.465 e. The molecule has 0 atom stereocenters. The van der Waals surface area contributed by atoms with Crippen LogP contribution in [0, 0.1) is 0 Å². The van der Waals surface area contributed by atoms with Crippen molar-refractivity contribution in [2.45, 2.75) is 0 Å². The number of benzene rings is 3. The van der Waals surface area contributed by atoms with Gasteiger partial charge in [0.15, 0.2) is 5.78 Å². The third-order valence-corrected chi connectivity index (χ3v) is 4.42. The van der Waals surface area contributed by atoms with Crippen LogP contribution in [-0.2, 0) is 4.74 Å². The van der Waals surface area contributed by atoms with Crippen LogP contribution in [0.15, 0.2) is 77.3 Å². The van der Waals surface area contributed by atoms with Crippen LogP contribution in [0.5, 0.6) is 0 Å². The third kappa shape index (κ3) is 3.86. The van der Waals surface area contributed by atoms with Crippen LogP contribution in [0.4, 0.5) is 0 Å². The molecule has 0 spiro atoms. The van der Waals surface area contributed by atoms with Gasteiger partial charge in [-0.2, -0.15) is 0 Å². The van der Waals surface area contributed by atoms with Gasteiger partial charge in [0.05, 0.1) is 12.7 Å². The summed E-state index contributed by atoms with van der Waals surface area (Å²) in [6, 6.07) is 22.0. The van der Waals surface area contributed by atoms with Crippen LogP contribution in [-0.4, -0.2) is 18.9 Å². The molecule has 0 aliphatic rings. The summed E-state index contributed by atoms with van der Waals surface area (Å²) < 4.78 is 5.68. The van der Waals surface area contributed by atoms with E-state index in [1.54, 1.807) is 24.3 Å². The predicted molar refractivity (Wildman–Crippen MR) is 101 cm³/mol. The van der Waals surface area contributed by atoms with E-state index >= 15 is 0 Å². The second-order valence-electron chi connectivity index (χ2n) is 5.48. The Labute approximate surface area is 154 Å². The van der Waals surface area contributed by atoms with Crippen molar-refractivity contribution in [1.29, 1.82) is 0 Å². The van der Waals surface area contributed by atoms with E-state index < -0.39 is 5.97 Å². The molecule has 0 radical (unpaired) electrons. The van der Waals surface area contributed by atoms with E-state index in [0.29, 0.717) is 16.7 Å². The Morgan fingerprint density at radius 1 is 0.680 bits per heavy atom. The summed E-state index contributed by atoms with van der Waals surface area (Å²) in [5, 5.41) is 0. The molecule has 0 saturated heterocycles. The average Bonchev–Trinajstić information content (AvgIpc) is 2.67. The fraction of sp³-hybridized carbons (Fsp3) is 0.0476. The summed E-state index contributed by atoms with van der Waals surface area (Å²) in [5.41, 5.74) is 3.69. The smallest absolute Gasteiger partial charge is 0.337 e. The summed E-state index contributed by atoms with van der Waals surface area (Å²) >= 11 is 3.42. The number of carbonyl (C=O) groups excluding carboxylic acids is 2. The summed E-state index contributed by atoms with van der Waals surface area (Å²) in [4.78, 5) is 24.0. The molecule has 4 heteroatoms. The molecule has 0 amide bonds. The van der Waals surface area contributed by atoms with E-state index in [0.717, 1.165) is 15.6 Å². The van der Waals surface area contributed by atoms with E-state index in [-0.39, 0.29) is 5.78 Å². The van der Waals surface area contributed by atoms with E-state index in [1.807, 2.05) is 48.5 Å². The molecule has 0 aliphatic heterocycles. The maximum Gasteiger partial charge on any atom is 0.337 e. The lowest BCUT2D eigenvalue weighted by molar-refractivity contribution is 0.0600. The van der Waals surface area contributed by atoms with Gasteiger partial charge in [-0.05, 0) is 35.4 Å². The topological polar surface area (TPSA) is 43.4 Å². The van der Waals surface area contributed by atoms with Gasteiger partial charge in [-0.3, -0.25) is 4.79 Å². The molecule has 3 aromatic rings. The molecular weight excluding hydrogens is 380 g/mol. The van der Waals surface area contributed by atoms with Gasteiger partial charge in [0.1, 0.15) is 0 Å². The Bertz CT molecular complexity index is 895. The van der Waals surface area contributed by atoms with E-state index in [1.165, 1.54) is 7.11 Å². The van der Waals surface area contributed by atoms with E-state index in [4.69, 9.17) is 0 Å². The van der Waals surface area contributed by atoms with Crippen molar-refractivity contribution in [3.05, 3.63) is 94.0 Å². The van der Waals surface area contributed by atoms with Crippen molar-refractivity contribution < 1.29 is 14.3 Å². The third-order valence-electron chi connectivity index (χ3n) is 3.89. The minimum absolute atomic E-state index is 0.0845. The Balaban J connectivity index is 1.80. The van der Waals surface area contributed by atoms with Crippen LogP contribution in [0.1, 0.15) is 26.3 Å². The van der Waals surface area contributed by atoms with Gasteiger partial charge in [0.25, 0.3) is 0 Å². The molecule has 0 heterocycles. The highest BCUT2D eigenvalue weighted by atomic mass is 79.9. The normalized spacial score (nSPS) is 10.3. The van der Waals surface area contributed by atoms with Crippen LogP contribution in [0.25, 0.3) is 11.1 Å². The zero-order valence-electron chi connectivity index (χ0n) is 13.5. The molecule has 0 saturated carbocycles. The second-order valence-corrected chi connectivity index (χ2v) is 6.40. The molecule has 0 aliphatic carbocycles. The first kappa shape index (κ1) is 17.1. The van der Waals surface area contributed by atoms with Gasteiger partial charge in [0.2, 0.25) is 0 Å². The molecule has 3 nitrogen and oxygen atoms in total. The van der Waals surface area contributed by atoms with Crippen molar-refractivity contribution in [1.82, 2.24) is 0 Å². The predicted octanol–water partition coefficient (Wildman–Crippen LogP) is 5.13. The molecule has 0 N–H and O–H groups in total. The van der Waals surface area contributed by atoms with Crippen molar-refractivity contribution in [3.8, 4) is 11.1 Å². The minimum Gasteiger partial charge on any atom is -0.465 e. The fourth-order valence-electron chi connectivity index (χ4n) is 2.50. The molecule has 0 unspecified atom stereocenters. The van der Waals surface area contributed by atoms with Gasteiger partial charge in [0, 0.05) is 15.6 Å². The lowest BCUT2D eigenvalue weighted by atomic mass is 9.99. The standard InChI is InChI=1S/C21H15BrO3/c1-25-21(24)18-8-6-17(7-9-18)20(23)16-4-2-14(3-5-16)15-10-12-19(22)13-11-15/h2-13H,1H3. The first-order valence-electron chi connectivity index (χ1n) is 7.67. The Morgan fingerprint density at radius 3 is 1.56 bits per heavy atom. The SMILES string of the molecule is COC(=O)c1ccc(C(=O)c2ccc(-c3ccc(Br)cc3)cc2)cc1. The first-order valence-corrected chi connectivity index (χ1v) is 8.47. The van der Waals surface area contributed by atoms with Gasteiger partial charge in [-0.15, -0.1) is 0 Å². The molecule has 0 bridgehead atoms. The van der Waals surface area contributed by atoms with Crippen LogP contribution in [0.3, 0.4) is 0 Å². The van der Waals surface area contributed by atoms with Crippen LogP contribution in [0.2, 0.25) is 0 Å². The Morgan fingerprint density at radius 2 is 1.08 bits per heavy atom. The molecule has 0 fully saturated rings. The molecule has 124 valence electrons. The van der Waals surface area contributed by atoms with Gasteiger partial charge < -0.3 is 4.74 Å². The Hall–Kier alpha value is -2.72. The van der Waals surface area contributed by atoms with Crippen LogP contribution < -0.4 is 0 Å². The fourth-order valence-corrected chi connectivity index (χ4v) is 2.76. The lowest BCUT2D eigenvalue weighted by Gasteiger charge is -2.05. The van der Waals surface area contributed by atoms with E-state index in [9.17, 15) is 9.59 Å². The number of rotatable bonds is 4.